The molecule has 0 saturated heterocycles. The van der Waals surface area contributed by atoms with Crippen LogP contribution < -0.4 is 10.2 Å². The van der Waals surface area contributed by atoms with Crippen LogP contribution in [0.15, 0.2) is 36.7 Å². The molecule has 0 saturated carbocycles. The number of anilines is 2. The summed E-state index contributed by atoms with van der Waals surface area (Å²) in [7, 11) is 2.11. The molecular formula is C18H25N3. The number of nitrogens with zero attached hydrogens (tertiary/aromatic N) is 2. The fraction of sp³-hybridized carbons (Fsp3) is 0.389. The van der Waals surface area contributed by atoms with Gasteiger partial charge in [0.1, 0.15) is 0 Å². The minimum absolute atomic E-state index is 0.463. The Balaban J connectivity index is 2.32. The summed E-state index contributed by atoms with van der Waals surface area (Å²) < 4.78 is 0. The fourth-order valence-corrected chi connectivity index (χ4v) is 2.48. The van der Waals surface area contributed by atoms with E-state index in [1.807, 2.05) is 12.4 Å². The number of hydrogen-bond acceptors (Lipinski definition) is 3. The second kappa shape index (κ2) is 6.72. The van der Waals surface area contributed by atoms with Gasteiger partial charge in [-0.05, 0) is 43.2 Å². The Bertz CT molecular complexity index is 585. The second-order valence-corrected chi connectivity index (χ2v) is 5.94. The van der Waals surface area contributed by atoms with Crippen molar-refractivity contribution in [1.82, 2.24) is 10.3 Å². The quantitative estimate of drug-likeness (QED) is 0.900. The lowest BCUT2D eigenvalue weighted by atomic mass is 10.1. The predicted octanol–water partition coefficient (Wildman–Crippen LogP) is 3.96. The van der Waals surface area contributed by atoms with E-state index in [-0.39, 0.29) is 0 Å². The van der Waals surface area contributed by atoms with Gasteiger partial charge in [-0.15, -0.1) is 0 Å². The highest BCUT2D eigenvalue weighted by molar-refractivity contribution is 5.66. The molecule has 0 bridgehead atoms. The number of benzene rings is 1. The minimum atomic E-state index is 0.463. The van der Waals surface area contributed by atoms with E-state index < -0.39 is 0 Å². The van der Waals surface area contributed by atoms with Crippen LogP contribution >= 0.6 is 0 Å². The van der Waals surface area contributed by atoms with Crippen molar-refractivity contribution in [1.29, 1.82) is 0 Å². The van der Waals surface area contributed by atoms with E-state index >= 15 is 0 Å². The predicted molar refractivity (Wildman–Crippen MR) is 90.2 cm³/mol. The first-order chi connectivity index (χ1) is 9.97. The highest BCUT2D eigenvalue weighted by Gasteiger charge is 2.10. The third-order valence-electron chi connectivity index (χ3n) is 3.53. The molecule has 0 aliphatic heterocycles. The van der Waals surface area contributed by atoms with Crippen molar-refractivity contribution in [2.75, 3.05) is 11.9 Å². The van der Waals surface area contributed by atoms with Gasteiger partial charge in [-0.2, -0.15) is 0 Å². The van der Waals surface area contributed by atoms with Gasteiger partial charge < -0.3 is 10.2 Å². The average molecular weight is 283 g/mol. The van der Waals surface area contributed by atoms with Crippen LogP contribution in [0, 0.1) is 13.8 Å². The molecule has 2 aromatic rings. The van der Waals surface area contributed by atoms with Gasteiger partial charge in [-0.25, -0.2) is 0 Å². The van der Waals surface area contributed by atoms with Gasteiger partial charge in [0.25, 0.3) is 0 Å². The smallest absolute Gasteiger partial charge is 0.0484 e. The Labute approximate surface area is 128 Å². The molecule has 1 aromatic carbocycles. The van der Waals surface area contributed by atoms with Crippen LogP contribution in [0.25, 0.3) is 0 Å². The number of pyridine rings is 1. The lowest BCUT2D eigenvalue weighted by Gasteiger charge is -2.24. The number of hydrogen-bond donors (Lipinski definition) is 1. The first-order valence-electron chi connectivity index (χ1n) is 7.45. The summed E-state index contributed by atoms with van der Waals surface area (Å²) in [6.07, 6.45) is 3.80. The van der Waals surface area contributed by atoms with Gasteiger partial charge in [0, 0.05) is 49.0 Å². The molecule has 0 atom stereocenters. The van der Waals surface area contributed by atoms with Crippen molar-refractivity contribution in [2.24, 2.45) is 0 Å². The molecule has 0 fully saturated rings. The average Bonchev–Trinajstić information content (AvgIpc) is 2.43. The van der Waals surface area contributed by atoms with Crippen molar-refractivity contribution >= 4 is 11.4 Å². The van der Waals surface area contributed by atoms with Crippen LogP contribution in [-0.4, -0.2) is 18.1 Å². The maximum Gasteiger partial charge on any atom is 0.0484 e. The van der Waals surface area contributed by atoms with E-state index in [4.69, 9.17) is 0 Å². The molecule has 3 heteroatoms. The van der Waals surface area contributed by atoms with Crippen LogP contribution in [0.5, 0.6) is 0 Å². The number of nitrogens with one attached hydrogen (secondary N) is 1. The van der Waals surface area contributed by atoms with Gasteiger partial charge >= 0.3 is 0 Å². The van der Waals surface area contributed by atoms with E-state index in [1.54, 1.807) is 0 Å². The number of aromatic nitrogens is 1. The largest absolute Gasteiger partial charge is 0.344 e. The molecule has 2 rings (SSSR count). The van der Waals surface area contributed by atoms with Crippen LogP contribution in [0.2, 0.25) is 0 Å². The first kappa shape index (κ1) is 15.5. The van der Waals surface area contributed by atoms with Crippen LogP contribution in [0.1, 0.15) is 30.5 Å². The molecule has 1 N–H and O–H groups in total. The molecule has 0 amide bonds. The van der Waals surface area contributed by atoms with Crippen LogP contribution in [0.4, 0.5) is 11.4 Å². The molecule has 112 valence electrons. The van der Waals surface area contributed by atoms with Gasteiger partial charge in [0.15, 0.2) is 0 Å². The lowest BCUT2D eigenvalue weighted by molar-refractivity contribution is 0.588. The molecule has 0 radical (unpaired) electrons. The molecule has 1 heterocycles. The SMILES string of the molecule is Cc1cc(C)cc(N(C)c2ccncc2CNC(C)C)c1. The maximum atomic E-state index is 4.27. The van der Waals surface area contributed by atoms with Gasteiger partial charge in [0.2, 0.25) is 0 Å². The van der Waals surface area contributed by atoms with Crippen molar-refractivity contribution in [3.63, 3.8) is 0 Å². The fourth-order valence-electron chi connectivity index (χ4n) is 2.48. The van der Waals surface area contributed by atoms with Gasteiger partial charge in [0.05, 0.1) is 0 Å². The Kier molecular flexibility index (Phi) is 4.97. The normalized spacial score (nSPS) is 11.0. The summed E-state index contributed by atoms with van der Waals surface area (Å²) in [5, 5.41) is 3.46. The Morgan fingerprint density at radius 2 is 1.81 bits per heavy atom. The molecule has 0 aliphatic carbocycles. The third-order valence-corrected chi connectivity index (χ3v) is 3.53. The standard InChI is InChI=1S/C18H25N3/c1-13(2)20-12-16-11-19-7-6-18(16)21(5)17-9-14(3)8-15(4)10-17/h6-11,13,20H,12H2,1-5H3. The lowest BCUT2D eigenvalue weighted by Crippen LogP contribution is -2.23. The van der Waals surface area contributed by atoms with Gasteiger partial charge in [-0.3, -0.25) is 4.98 Å². The monoisotopic (exact) mass is 283 g/mol. The molecule has 0 aliphatic rings. The molecule has 0 unspecified atom stereocenters. The highest BCUT2D eigenvalue weighted by atomic mass is 15.1. The molecular weight excluding hydrogens is 258 g/mol. The van der Waals surface area contributed by atoms with E-state index in [1.165, 1.54) is 28.1 Å². The summed E-state index contributed by atoms with van der Waals surface area (Å²) in [6, 6.07) is 9.17. The van der Waals surface area contributed by atoms with Crippen molar-refractivity contribution < 1.29 is 0 Å². The zero-order chi connectivity index (χ0) is 15.4. The van der Waals surface area contributed by atoms with Crippen molar-refractivity contribution in [2.45, 2.75) is 40.3 Å². The van der Waals surface area contributed by atoms with Crippen molar-refractivity contribution in [3.05, 3.63) is 53.3 Å². The van der Waals surface area contributed by atoms with E-state index in [0.29, 0.717) is 6.04 Å². The topological polar surface area (TPSA) is 28.2 Å². The van der Waals surface area contributed by atoms with E-state index in [9.17, 15) is 0 Å². The highest BCUT2D eigenvalue weighted by Crippen LogP contribution is 2.28. The van der Waals surface area contributed by atoms with Gasteiger partial charge in [-0.1, -0.05) is 19.9 Å². The Hall–Kier alpha value is -1.87. The summed E-state index contributed by atoms with van der Waals surface area (Å²) in [4.78, 5) is 6.50. The Morgan fingerprint density at radius 1 is 1.14 bits per heavy atom. The third kappa shape index (κ3) is 4.05. The zero-order valence-corrected chi connectivity index (χ0v) is 13.6. The maximum absolute atomic E-state index is 4.27. The van der Waals surface area contributed by atoms with Crippen molar-refractivity contribution in [3.8, 4) is 0 Å². The minimum Gasteiger partial charge on any atom is -0.344 e. The number of rotatable bonds is 5. The summed E-state index contributed by atoms with van der Waals surface area (Å²) in [5.41, 5.74) is 6.20. The second-order valence-electron chi connectivity index (χ2n) is 5.94. The van der Waals surface area contributed by atoms with E-state index in [0.717, 1.165) is 6.54 Å². The van der Waals surface area contributed by atoms with E-state index in [2.05, 4.69) is 74.2 Å². The number of aryl methyl sites for hydroxylation is 2. The zero-order valence-electron chi connectivity index (χ0n) is 13.6. The first-order valence-corrected chi connectivity index (χ1v) is 7.45. The van der Waals surface area contributed by atoms with Crippen LogP contribution in [-0.2, 0) is 6.54 Å². The molecule has 1 aromatic heterocycles. The van der Waals surface area contributed by atoms with Crippen LogP contribution in [0.3, 0.4) is 0 Å². The summed E-state index contributed by atoms with van der Waals surface area (Å²) in [5.74, 6) is 0. The summed E-state index contributed by atoms with van der Waals surface area (Å²) >= 11 is 0. The molecule has 3 nitrogen and oxygen atoms in total. The Morgan fingerprint density at radius 3 is 2.43 bits per heavy atom. The molecule has 0 spiro atoms. The summed E-state index contributed by atoms with van der Waals surface area (Å²) in [6.45, 7) is 9.42. The molecule has 21 heavy (non-hydrogen) atoms.